The van der Waals surface area contributed by atoms with Gasteiger partial charge < -0.3 is 0 Å². The summed E-state index contributed by atoms with van der Waals surface area (Å²) in [6.45, 7) is 1.95. The molecule has 1 N–H and O–H groups in total. The van der Waals surface area contributed by atoms with E-state index >= 15 is 0 Å². The molecule has 4 heteroatoms. The second-order valence-electron chi connectivity index (χ2n) is 4.37. The minimum absolute atomic E-state index is 0.00633. The molecule has 1 fully saturated rings. The summed E-state index contributed by atoms with van der Waals surface area (Å²) >= 11 is 0. The van der Waals surface area contributed by atoms with Gasteiger partial charge in [-0.3, -0.25) is 5.32 Å². The van der Waals surface area contributed by atoms with Gasteiger partial charge in [0.25, 0.3) is 0 Å². The number of nitrogens with one attached hydrogen (secondary N) is 1. The van der Waals surface area contributed by atoms with Crippen molar-refractivity contribution in [3.8, 4) is 0 Å². The van der Waals surface area contributed by atoms with Gasteiger partial charge in [0.1, 0.15) is 6.04 Å². The SMILES string of the molecule is CC1CC1NC(c1ccccc1)C(F)(F)F. The van der Waals surface area contributed by atoms with Crippen molar-refractivity contribution in [3.05, 3.63) is 35.9 Å². The van der Waals surface area contributed by atoms with E-state index in [0.29, 0.717) is 5.92 Å². The second-order valence-corrected chi connectivity index (χ2v) is 4.37. The van der Waals surface area contributed by atoms with E-state index in [-0.39, 0.29) is 11.6 Å². The summed E-state index contributed by atoms with van der Waals surface area (Å²) in [4.78, 5) is 0. The van der Waals surface area contributed by atoms with Gasteiger partial charge in [0, 0.05) is 6.04 Å². The fourth-order valence-electron chi connectivity index (χ4n) is 1.79. The van der Waals surface area contributed by atoms with Crippen LogP contribution in [0.3, 0.4) is 0 Å². The monoisotopic (exact) mass is 229 g/mol. The zero-order valence-electron chi connectivity index (χ0n) is 8.96. The highest BCUT2D eigenvalue weighted by Crippen LogP contribution is 2.38. The molecule has 0 aliphatic heterocycles. The maximum Gasteiger partial charge on any atom is 0.407 e. The van der Waals surface area contributed by atoms with Crippen LogP contribution in [0.1, 0.15) is 24.9 Å². The van der Waals surface area contributed by atoms with Crippen LogP contribution in [-0.2, 0) is 0 Å². The van der Waals surface area contributed by atoms with Crippen molar-refractivity contribution in [2.45, 2.75) is 31.6 Å². The standard InChI is InChI=1S/C12H14F3N/c1-8-7-10(8)16-11(12(13,14)15)9-5-3-2-4-6-9/h2-6,8,10-11,16H,7H2,1H3. The van der Waals surface area contributed by atoms with Crippen molar-refractivity contribution >= 4 is 0 Å². The van der Waals surface area contributed by atoms with Crippen molar-refractivity contribution in [2.75, 3.05) is 0 Å². The van der Waals surface area contributed by atoms with Crippen molar-refractivity contribution in [3.63, 3.8) is 0 Å². The molecule has 0 amide bonds. The smallest absolute Gasteiger partial charge is 0.299 e. The van der Waals surface area contributed by atoms with Gasteiger partial charge >= 0.3 is 6.18 Å². The second kappa shape index (κ2) is 4.09. The number of alkyl halides is 3. The average molecular weight is 229 g/mol. The van der Waals surface area contributed by atoms with Gasteiger partial charge in [0.05, 0.1) is 0 Å². The molecule has 88 valence electrons. The molecule has 0 radical (unpaired) electrons. The van der Waals surface area contributed by atoms with Gasteiger partial charge in [-0.25, -0.2) is 0 Å². The first-order chi connectivity index (χ1) is 7.48. The number of benzene rings is 1. The molecule has 1 aromatic rings. The largest absolute Gasteiger partial charge is 0.407 e. The molecular formula is C12H14F3N. The van der Waals surface area contributed by atoms with Crippen LogP contribution < -0.4 is 5.32 Å². The van der Waals surface area contributed by atoms with E-state index in [9.17, 15) is 13.2 Å². The van der Waals surface area contributed by atoms with E-state index in [4.69, 9.17) is 0 Å². The lowest BCUT2D eigenvalue weighted by Gasteiger charge is -2.22. The van der Waals surface area contributed by atoms with Gasteiger partial charge in [-0.15, -0.1) is 0 Å². The Morgan fingerprint density at radius 3 is 2.25 bits per heavy atom. The van der Waals surface area contributed by atoms with Gasteiger partial charge in [-0.05, 0) is 17.9 Å². The lowest BCUT2D eigenvalue weighted by molar-refractivity contribution is -0.158. The summed E-state index contributed by atoms with van der Waals surface area (Å²) in [6, 6.07) is 6.47. The molecule has 0 aromatic heterocycles. The van der Waals surface area contributed by atoms with Crippen LogP contribution >= 0.6 is 0 Å². The highest BCUT2D eigenvalue weighted by Gasteiger charge is 2.45. The molecule has 2 rings (SSSR count). The maximum absolute atomic E-state index is 12.9. The van der Waals surface area contributed by atoms with Gasteiger partial charge in [0.2, 0.25) is 0 Å². The molecule has 1 nitrogen and oxygen atoms in total. The van der Waals surface area contributed by atoms with Crippen LogP contribution in [0.4, 0.5) is 13.2 Å². The highest BCUT2D eigenvalue weighted by atomic mass is 19.4. The molecule has 1 aliphatic carbocycles. The van der Waals surface area contributed by atoms with Crippen molar-refractivity contribution in [1.29, 1.82) is 0 Å². The molecular weight excluding hydrogens is 215 g/mol. The predicted octanol–water partition coefficient (Wildman–Crippen LogP) is 3.29. The van der Waals surface area contributed by atoms with Gasteiger partial charge in [0.15, 0.2) is 0 Å². The van der Waals surface area contributed by atoms with Crippen molar-refractivity contribution in [1.82, 2.24) is 5.32 Å². The highest BCUT2D eigenvalue weighted by molar-refractivity contribution is 5.21. The van der Waals surface area contributed by atoms with E-state index in [1.807, 2.05) is 6.92 Å². The normalized spacial score (nSPS) is 26.5. The third kappa shape index (κ3) is 2.55. The van der Waals surface area contributed by atoms with E-state index in [0.717, 1.165) is 6.42 Å². The Balaban J connectivity index is 2.15. The van der Waals surface area contributed by atoms with E-state index in [1.54, 1.807) is 18.2 Å². The summed E-state index contributed by atoms with van der Waals surface area (Å²) < 4.78 is 38.6. The third-order valence-corrected chi connectivity index (χ3v) is 2.95. The zero-order chi connectivity index (χ0) is 11.8. The maximum atomic E-state index is 12.9. The summed E-state index contributed by atoms with van der Waals surface area (Å²) in [5, 5.41) is 2.67. The molecule has 1 aromatic carbocycles. The Morgan fingerprint density at radius 1 is 1.25 bits per heavy atom. The fourth-order valence-corrected chi connectivity index (χ4v) is 1.79. The molecule has 3 atom stereocenters. The molecule has 0 spiro atoms. The number of hydrogen-bond donors (Lipinski definition) is 1. The minimum atomic E-state index is -4.23. The van der Waals surface area contributed by atoms with Crippen molar-refractivity contribution in [2.24, 2.45) is 5.92 Å². The van der Waals surface area contributed by atoms with Crippen molar-refractivity contribution < 1.29 is 13.2 Å². The average Bonchev–Trinajstić information content (AvgIpc) is 2.91. The summed E-state index contributed by atoms with van der Waals surface area (Å²) in [6.07, 6.45) is -3.40. The molecule has 0 saturated heterocycles. The summed E-state index contributed by atoms with van der Waals surface area (Å²) in [5.41, 5.74) is 0.286. The zero-order valence-corrected chi connectivity index (χ0v) is 8.96. The van der Waals surface area contributed by atoms with Gasteiger partial charge in [-0.2, -0.15) is 13.2 Å². The van der Waals surface area contributed by atoms with Crippen LogP contribution in [0.2, 0.25) is 0 Å². The number of rotatable bonds is 3. The first-order valence-corrected chi connectivity index (χ1v) is 5.36. The Hall–Kier alpha value is -1.03. The van der Waals surface area contributed by atoms with Crippen LogP contribution in [0, 0.1) is 5.92 Å². The lowest BCUT2D eigenvalue weighted by Crippen LogP contribution is -2.36. The topological polar surface area (TPSA) is 12.0 Å². The number of hydrogen-bond acceptors (Lipinski definition) is 1. The Morgan fingerprint density at radius 2 is 1.81 bits per heavy atom. The molecule has 1 aliphatic rings. The first-order valence-electron chi connectivity index (χ1n) is 5.36. The molecule has 3 unspecified atom stereocenters. The van der Waals surface area contributed by atoms with Gasteiger partial charge in [-0.1, -0.05) is 37.3 Å². The fraction of sp³-hybridized carbons (Fsp3) is 0.500. The molecule has 0 heterocycles. The summed E-state index contributed by atoms with van der Waals surface area (Å²) in [5.74, 6) is 0.355. The first kappa shape index (κ1) is 11.5. The third-order valence-electron chi connectivity index (χ3n) is 2.95. The van der Waals surface area contributed by atoms with Crippen LogP contribution in [0.15, 0.2) is 30.3 Å². The Bertz CT molecular complexity index is 347. The Labute approximate surface area is 92.7 Å². The summed E-state index contributed by atoms with van der Waals surface area (Å²) in [7, 11) is 0. The molecule has 0 bridgehead atoms. The Kier molecular flexibility index (Phi) is 2.93. The van der Waals surface area contributed by atoms with Crippen LogP contribution in [0.5, 0.6) is 0 Å². The van der Waals surface area contributed by atoms with E-state index in [2.05, 4.69) is 5.32 Å². The quantitative estimate of drug-likeness (QED) is 0.838. The number of halogens is 3. The van der Waals surface area contributed by atoms with E-state index in [1.165, 1.54) is 12.1 Å². The molecule has 16 heavy (non-hydrogen) atoms. The molecule has 1 saturated carbocycles. The van der Waals surface area contributed by atoms with Crippen LogP contribution in [-0.4, -0.2) is 12.2 Å². The van der Waals surface area contributed by atoms with Crippen LogP contribution in [0.25, 0.3) is 0 Å². The minimum Gasteiger partial charge on any atom is -0.299 e. The lowest BCUT2D eigenvalue weighted by atomic mass is 10.1. The predicted molar refractivity (Wildman–Crippen MR) is 55.9 cm³/mol. The van der Waals surface area contributed by atoms with E-state index < -0.39 is 12.2 Å².